The van der Waals surface area contributed by atoms with Crippen LogP contribution in [0.5, 0.6) is 0 Å². The summed E-state index contributed by atoms with van der Waals surface area (Å²) in [4.78, 5) is 10.5. The zero-order valence-electron chi connectivity index (χ0n) is 22.3. The SMILES string of the molecule is C[Si](C)(C)c1ccc(-c2ccc3ccc(-c4ccc(-c5ccc6sc7ncccc7c6c5)nc4)cc3c2)cc1. The first-order valence-corrected chi connectivity index (χ1v) is 17.6. The van der Waals surface area contributed by atoms with E-state index in [1.165, 1.54) is 48.1 Å². The van der Waals surface area contributed by atoms with Gasteiger partial charge in [0.05, 0.1) is 13.8 Å². The third kappa shape index (κ3) is 4.46. The van der Waals surface area contributed by atoms with Gasteiger partial charge in [-0.05, 0) is 69.9 Å². The number of rotatable bonds is 4. The summed E-state index contributed by atoms with van der Waals surface area (Å²) < 4.78 is 1.26. The summed E-state index contributed by atoms with van der Waals surface area (Å²) in [5.74, 6) is 0. The van der Waals surface area contributed by atoms with E-state index in [2.05, 4.69) is 122 Å². The Morgan fingerprint density at radius 3 is 1.97 bits per heavy atom. The van der Waals surface area contributed by atoms with Gasteiger partial charge >= 0.3 is 0 Å². The monoisotopic (exact) mass is 536 g/mol. The van der Waals surface area contributed by atoms with Gasteiger partial charge in [-0.3, -0.25) is 4.98 Å². The second kappa shape index (κ2) is 9.26. The van der Waals surface area contributed by atoms with E-state index >= 15 is 0 Å². The summed E-state index contributed by atoms with van der Waals surface area (Å²) in [5, 5.41) is 6.43. The summed E-state index contributed by atoms with van der Waals surface area (Å²) >= 11 is 1.74. The number of benzene rings is 4. The molecule has 39 heavy (non-hydrogen) atoms. The normalized spacial score (nSPS) is 12.0. The molecule has 3 heterocycles. The lowest BCUT2D eigenvalue weighted by atomic mass is 9.98. The van der Waals surface area contributed by atoms with E-state index in [1.807, 2.05) is 18.5 Å². The van der Waals surface area contributed by atoms with Gasteiger partial charge in [0.15, 0.2) is 0 Å². The predicted octanol–water partition coefficient (Wildman–Crippen LogP) is 9.54. The van der Waals surface area contributed by atoms with Crippen molar-refractivity contribution in [2.75, 3.05) is 0 Å². The molecule has 0 spiro atoms. The number of nitrogens with zero attached hydrogens (tertiary/aromatic N) is 2. The molecule has 4 aromatic carbocycles. The summed E-state index contributed by atoms with van der Waals surface area (Å²) in [6.07, 6.45) is 3.85. The van der Waals surface area contributed by atoms with Crippen LogP contribution in [0, 0.1) is 0 Å². The molecular formula is C35H28N2SSi. The molecule has 2 nitrogen and oxygen atoms in total. The molecule has 0 radical (unpaired) electrons. The maximum absolute atomic E-state index is 4.86. The van der Waals surface area contributed by atoms with E-state index in [4.69, 9.17) is 4.98 Å². The Bertz CT molecular complexity index is 1980. The van der Waals surface area contributed by atoms with E-state index < -0.39 is 8.07 Å². The predicted molar refractivity (Wildman–Crippen MR) is 172 cm³/mol. The van der Waals surface area contributed by atoms with Crippen molar-refractivity contribution in [1.82, 2.24) is 9.97 Å². The molecule has 0 unspecified atom stereocenters. The largest absolute Gasteiger partial charge is 0.256 e. The number of hydrogen-bond donors (Lipinski definition) is 0. The third-order valence-corrected chi connectivity index (χ3v) is 10.7. The van der Waals surface area contributed by atoms with Crippen molar-refractivity contribution in [2.24, 2.45) is 0 Å². The van der Waals surface area contributed by atoms with E-state index in [0.29, 0.717) is 0 Å². The minimum Gasteiger partial charge on any atom is -0.256 e. The number of pyridine rings is 2. The van der Waals surface area contributed by atoms with E-state index in [1.54, 1.807) is 11.3 Å². The van der Waals surface area contributed by atoms with Gasteiger partial charge in [0.25, 0.3) is 0 Å². The van der Waals surface area contributed by atoms with Gasteiger partial charge in [-0.1, -0.05) is 85.5 Å². The molecule has 0 aliphatic rings. The Kier molecular flexibility index (Phi) is 5.69. The van der Waals surface area contributed by atoms with Gasteiger partial charge in [-0.2, -0.15) is 0 Å². The Morgan fingerprint density at radius 2 is 1.26 bits per heavy atom. The van der Waals surface area contributed by atoms with Crippen LogP contribution >= 0.6 is 11.3 Å². The lowest BCUT2D eigenvalue weighted by molar-refractivity contribution is 1.33. The Hall–Kier alpha value is -4.12. The summed E-state index contributed by atoms with van der Waals surface area (Å²) in [6.45, 7) is 7.17. The van der Waals surface area contributed by atoms with Crippen LogP contribution in [0.2, 0.25) is 19.6 Å². The number of hydrogen-bond acceptors (Lipinski definition) is 3. The Labute approximate surface area is 233 Å². The maximum atomic E-state index is 4.86. The van der Waals surface area contributed by atoms with Crippen molar-refractivity contribution in [3.05, 3.63) is 116 Å². The first-order valence-electron chi connectivity index (χ1n) is 13.3. The molecule has 0 aliphatic heterocycles. The van der Waals surface area contributed by atoms with Gasteiger partial charge < -0.3 is 0 Å². The first-order chi connectivity index (χ1) is 18.9. The summed E-state index contributed by atoms with van der Waals surface area (Å²) in [7, 11) is -1.30. The highest BCUT2D eigenvalue weighted by Gasteiger charge is 2.16. The molecule has 0 aliphatic carbocycles. The molecule has 0 fully saturated rings. The zero-order valence-corrected chi connectivity index (χ0v) is 24.1. The van der Waals surface area contributed by atoms with Crippen LogP contribution in [-0.4, -0.2) is 18.0 Å². The summed E-state index contributed by atoms with van der Waals surface area (Å²) in [5.41, 5.74) is 6.92. The standard InChI is InChI=1S/C35H28N2SSi/c1-39(2,3)30-14-10-23(11-15-30)25-8-6-24-7-9-26(20-29(24)19-25)28-12-16-33(37-22-28)27-13-17-34-32(21-27)31-5-4-18-36-35(31)38-34/h4-22H,1-3H3. The van der Waals surface area contributed by atoms with Crippen LogP contribution in [0.15, 0.2) is 116 Å². The number of thiophene rings is 1. The van der Waals surface area contributed by atoms with Gasteiger partial charge in [-0.25, -0.2) is 4.98 Å². The fraction of sp³-hybridized carbons (Fsp3) is 0.0857. The Balaban J connectivity index is 1.20. The van der Waals surface area contributed by atoms with Crippen LogP contribution in [0.3, 0.4) is 0 Å². The van der Waals surface area contributed by atoms with Crippen molar-refractivity contribution in [3.63, 3.8) is 0 Å². The molecule has 188 valence electrons. The van der Waals surface area contributed by atoms with Gasteiger partial charge in [-0.15, -0.1) is 11.3 Å². The second-order valence-corrected chi connectivity index (χ2v) is 17.3. The fourth-order valence-electron chi connectivity index (χ4n) is 5.27. The second-order valence-electron chi connectivity index (χ2n) is 11.2. The van der Waals surface area contributed by atoms with E-state index in [-0.39, 0.29) is 0 Å². The van der Waals surface area contributed by atoms with Crippen molar-refractivity contribution >= 4 is 55.7 Å². The minimum absolute atomic E-state index is 0.980. The highest BCUT2D eigenvalue weighted by Crippen LogP contribution is 2.35. The number of aromatic nitrogens is 2. The molecule has 0 N–H and O–H groups in total. The smallest absolute Gasteiger partial charge is 0.124 e. The molecule has 0 bridgehead atoms. The molecular weight excluding hydrogens is 509 g/mol. The van der Waals surface area contributed by atoms with Crippen molar-refractivity contribution in [3.8, 4) is 33.5 Å². The highest BCUT2D eigenvalue weighted by atomic mass is 32.1. The van der Waals surface area contributed by atoms with E-state index in [0.717, 1.165) is 21.7 Å². The minimum atomic E-state index is -1.30. The molecule has 4 heteroatoms. The Morgan fingerprint density at radius 1 is 0.564 bits per heavy atom. The quantitative estimate of drug-likeness (QED) is 0.209. The molecule has 0 saturated carbocycles. The molecule has 0 saturated heterocycles. The maximum Gasteiger partial charge on any atom is 0.124 e. The van der Waals surface area contributed by atoms with Crippen molar-refractivity contribution < 1.29 is 0 Å². The van der Waals surface area contributed by atoms with Gasteiger partial charge in [0.1, 0.15) is 4.83 Å². The number of fused-ring (bicyclic) bond motifs is 4. The van der Waals surface area contributed by atoms with E-state index in [9.17, 15) is 0 Å². The molecule has 0 atom stereocenters. The molecule has 3 aromatic heterocycles. The van der Waals surface area contributed by atoms with Crippen LogP contribution in [0.4, 0.5) is 0 Å². The lowest BCUT2D eigenvalue weighted by Gasteiger charge is -2.17. The average Bonchev–Trinajstić information content (AvgIpc) is 3.34. The molecule has 7 aromatic rings. The van der Waals surface area contributed by atoms with Crippen LogP contribution < -0.4 is 5.19 Å². The van der Waals surface area contributed by atoms with Gasteiger partial charge in [0, 0.05) is 39.0 Å². The van der Waals surface area contributed by atoms with Crippen LogP contribution in [-0.2, 0) is 0 Å². The topological polar surface area (TPSA) is 25.8 Å². The zero-order chi connectivity index (χ0) is 26.6. The van der Waals surface area contributed by atoms with Crippen molar-refractivity contribution in [1.29, 1.82) is 0 Å². The molecule has 7 rings (SSSR count). The average molecular weight is 537 g/mol. The fourth-order valence-corrected chi connectivity index (χ4v) is 7.47. The van der Waals surface area contributed by atoms with Crippen molar-refractivity contribution in [2.45, 2.75) is 19.6 Å². The lowest BCUT2D eigenvalue weighted by Crippen LogP contribution is -2.37. The summed E-state index contributed by atoms with van der Waals surface area (Å²) in [6, 6.07) is 37.7. The first kappa shape index (κ1) is 24.0. The third-order valence-electron chi connectivity index (χ3n) is 7.56. The van der Waals surface area contributed by atoms with Gasteiger partial charge in [0.2, 0.25) is 0 Å². The molecule has 0 amide bonds. The van der Waals surface area contributed by atoms with Crippen LogP contribution in [0.1, 0.15) is 0 Å². The van der Waals surface area contributed by atoms with Crippen LogP contribution in [0.25, 0.3) is 64.6 Å². The highest BCUT2D eigenvalue weighted by molar-refractivity contribution is 7.25.